The first kappa shape index (κ1) is 26.4. The molecule has 1 unspecified atom stereocenters. The quantitative estimate of drug-likeness (QED) is 0.258. The van der Waals surface area contributed by atoms with Crippen molar-refractivity contribution in [3.8, 4) is 22.6 Å². The number of aromatic carboxylic acids is 2. The van der Waals surface area contributed by atoms with E-state index in [1.807, 2.05) is 6.07 Å². The first-order chi connectivity index (χ1) is 18.3. The Morgan fingerprint density at radius 2 is 1.32 bits per heavy atom. The van der Waals surface area contributed by atoms with Gasteiger partial charge in [0, 0.05) is 18.2 Å². The van der Waals surface area contributed by atoms with E-state index in [4.69, 9.17) is 10.2 Å². The number of carboxylic acid groups (broad SMARTS) is 2. The minimum Gasteiger partial charge on any atom is -0.504 e. The van der Waals surface area contributed by atoms with Gasteiger partial charge in [0.25, 0.3) is 0 Å². The van der Waals surface area contributed by atoms with E-state index in [9.17, 15) is 19.8 Å². The monoisotopic (exact) mass is 511 g/mol. The zero-order chi connectivity index (χ0) is 27.2. The Kier molecular flexibility index (Phi) is 8.09. The minimum atomic E-state index is -0.879. The highest BCUT2D eigenvalue weighted by Gasteiger charge is 2.34. The highest BCUT2D eigenvalue weighted by Crippen LogP contribution is 2.49. The molecule has 1 aliphatic heterocycles. The lowest BCUT2D eigenvalue weighted by Crippen LogP contribution is -2.35. The number of likely N-dealkylation sites (N-methyl/N-ethyl adjacent to an activating group) is 1. The molecule has 6 rings (SSSR count). The lowest BCUT2D eigenvalue weighted by Gasteiger charge is -2.39. The zero-order valence-corrected chi connectivity index (χ0v) is 20.9. The summed E-state index contributed by atoms with van der Waals surface area (Å²) in [5, 5.41) is 36.8. The van der Waals surface area contributed by atoms with Crippen molar-refractivity contribution in [3.05, 3.63) is 119 Å². The summed E-state index contributed by atoms with van der Waals surface area (Å²) in [7, 11) is 2.16. The van der Waals surface area contributed by atoms with Crippen molar-refractivity contribution in [2.75, 3.05) is 13.6 Å². The number of phenols is 2. The molecule has 1 atom stereocenters. The molecule has 0 fully saturated rings. The summed E-state index contributed by atoms with van der Waals surface area (Å²) in [6, 6.07) is 26.8. The second-order valence-corrected chi connectivity index (χ2v) is 9.14. The fraction of sp³-hybridized carbons (Fsp3) is 0.161. The molecule has 0 spiro atoms. The Bertz CT molecular complexity index is 1390. The topological polar surface area (TPSA) is 118 Å². The molecule has 0 bridgehead atoms. The van der Waals surface area contributed by atoms with Gasteiger partial charge in [-0.2, -0.15) is 0 Å². The first-order valence-electron chi connectivity index (χ1n) is 12.2. The van der Waals surface area contributed by atoms with Crippen LogP contribution in [0.1, 0.15) is 43.4 Å². The number of nitrogens with zero attached hydrogens (tertiary/aromatic N) is 1. The SMILES string of the molecule is CN1CCc2cccc3c2C1Cc1ccc(O)c(O)c1-3.O=C(O)c1ccccc1.O=C(O)c1ccccc1. The molecule has 4 aromatic rings. The molecule has 0 saturated heterocycles. The van der Waals surface area contributed by atoms with Crippen LogP contribution in [0.5, 0.6) is 11.5 Å². The van der Waals surface area contributed by atoms with E-state index in [0.717, 1.165) is 36.1 Å². The van der Waals surface area contributed by atoms with Crippen molar-refractivity contribution in [3.63, 3.8) is 0 Å². The largest absolute Gasteiger partial charge is 0.504 e. The molecule has 7 heteroatoms. The molecule has 2 aliphatic rings. The van der Waals surface area contributed by atoms with Crippen LogP contribution in [0.2, 0.25) is 0 Å². The Labute approximate surface area is 220 Å². The standard InChI is InChI=1S/C17H17NO2.2C7H6O2/c1-18-8-7-10-3-2-4-12-15(10)13(18)9-11-5-6-14(19)17(20)16(11)12;2*8-7(9)6-4-2-1-3-5-6/h2-6,13,19-20H,7-9H2,1H3;2*1-5H,(H,8,9). The number of fused-ring (bicyclic) bond motifs is 2. The van der Waals surface area contributed by atoms with Crippen molar-refractivity contribution in [1.82, 2.24) is 4.90 Å². The van der Waals surface area contributed by atoms with Crippen molar-refractivity contribution in [2.45, 2.75) is 18.9 Å². The molecular weight excluding hydrogens is 482 g/mol. The maximum Gasteiger partial charge on any atom is 0.335 e. The number of carbonyl (C=O) groups is 2. The smallest absolute Gasteiger partial charge is 0.335 e. The van der Waals surface area contributed by atoms with Crippen LogP contribution in [-0.4, -0.2) is 50.9 Å². The van der Waals surface area contributed by atoms with Crippen LogP contribution < -0.4 is 0 Å². The summed E-state index contributed by atoms with van der Waals surface area (Å²) >= 11 is 0. The molecule has 0 amide bonds. The van der Waals surface area contributed by atoms with Crippen LogP contribution in [-0.2, 0) is 12.8 Å². The molecular formula is C31H29NO6. The van der Waals surface area contributed by atoms with Gasteiger partial charge in [-0.1, -0.05) is 60.7 Å². The third kappa shape index (κ3) is 5.68. The predicted molar refractivity (Wildman–Crippen MR) is 145 cm³/mol. The maximum absolute atomic E-state index is 10.3. The summed E-state index contributed by atoms with van der Waals surface area (Å²) in [5.74, 6) is -1.78. The van der Waals surface area contributed by atoms with Crippen LogP contribution in [0.15, 0.2) is 91.0 Å². The Morgan fingerprint density at radius 3 is 1.84 bits per heavy atom. The third-order valence-electron chi connectivity index (χ3n) is 6.76. The third-order valence-corrected chi connectivity index (χ3v) is 6.76. The first-order valence-corrected chi connectivity index (χ1v) is 12.2. The number of phenolic OH excluding ortho intramolecular Hbond substituents is 2. The van der Waals surface area contributed by atoms with Crippen LogP contribution in [0, 0.1) is 0 Å². The van der Waals surface area contributed by atoms with E-state index < -0.39 is 11.9 Å². The zero-order valence-electron chi connectivity index (χ0n) is 20.9. The highest BCUT2D eigenvalue weighted by molar-refractivity contribution is 5.87. The molecule has 0 radical (unpaired) electrons. The summed E-state index contributed by atoms with van der Waals surface area (Å²) in [4.78, 5) is 22.8. The van der Waals surface area contributed by atoms with Crippen LogP contribution in [0.25, 0.3) is 11.1 Å². The van der Waals surface area contributed by atoms with Gasteiger partial charge in [0.05, 0.1) is 11.1 Å². The number of benzene rings is 4. The molecule has 1 aliphatic carbocycles. The van der Waals surface area contributed by atoms with Crippen LogP contribution in [0.4, 0.5) is 0 Å². The van der Waals surface area contributed by atoms with Crippen LogP contribution in [0.3, 0.4) is 0 Å². The van der Waals surface area contributed by atoms with Gasteiger partial charge < -0.3 is 20.4 Å². The Balaban J connectivity index is 0.000000156. The summed E-state index contributed by atoms with van der Waals surface area (Å²) in [6.07, 6.45) is 1.94. The predicted octanol–water partition coefficient (Wildman–Crippen LogP) is 5.62. The van der Waals surface area contributed by atoms with E-state index in [1.165, 1.54) is 11.1 Å². The molecule has 0 saturated carbocycles. The van der Waals surface area contributed by atoms with Crippen molar-refractivity contribution >= 4 is 11.9 Å². The molecule has 0 aromatic heterocycles. The molecule has 1 heterocycles. The number of aromatic hydroxyl groups is 2. The van der Waals surface area contributed by atoms with Crippen molar-refractivity contribution < 1.29 is 30.0 Å². The van der Waals surface area contributed by atoms with Gasteiger partial charge in [0.2, 0.25) is 0 Å². The number of hydrogen-bond donors (Lipinski definition) is 4. The maximum atomic E-state index is 10.3. The van der Waals surface area contributed by atoms with E-state index in [1.54, 1.807) is 66.7 Å². The van der Waals surface area contributed by atoms with Gasteiger partial charge in [-0.3, -0.25) is 4.90 Å². The van der Waals surface area contributed by atoms with E-state index in [-0.39, 0.29) is 11.5 Å². The van der Waals surface area contributed by atoms with Crippen molar-refractivity contribution in [2.24, 2.45) is 0 Å². The number of rotatable bonds is 2. The average Bonchev–Trinajstić information content (AvgIpc) is 2.94. The fourth-order valence-electron chi connectivity index (χ4n) is 4.84. The van der Waals surface area contributed by atoms with E-state index >= 15 is 0 Å². The van der Waals surface area contributed by atoms with Gasteiger partial charge in [0.1, 0.15) is 0 Å². The van der Waals surface area contributed by atoms with E-state index in [2.05, 4.69) is 30.1 Å². The summed E-state index contributed by atoms with van der Waals surface area (Å²) < 4.78 is 0. The lowest BCUT2D eigenvalue weighted by atomic mass is 9.77. The summed E-state index contributed by atoms with van der Waals surface area (Å²) in [5.41, 5.74) is 6.37. The molecule has 4 aromatic carbocycles. The van der Waals surface area contributed by atoms with Crippen molar-refractivity contribution in [1.29, 1.82) is 0 Å². The fourth-order valence-corrected chi connectivity index (χ4v) is 4.84. The molecule has 4 N–H and O–H groups in total. The van der Waals surface area contributed by atoms with Gasteiger partial charge in [-0.25, -0.2) is 9.59 Å². The number of carboxylic acids is 2. The molecule has 194 valence electrons. The normalized spacial score (nSPS) is 14.9. The minimum absolute atomic E-state index is 0.0163. The van der Waals surface area contributed by atoms with Crippen LogP contribution >= 0.6 is 0 Å². The highest BCUT2D eigenvalue weighted by atomic mass is 16.4. The van der Waals surface area contributed by atoms with Gasteiger partial charge in [0.15, 0.2) is 11.5 Å². The Hall–Kier alpha value is -4.62. The molecule has 38 heavy (non-hydrogen) atoms. The second-order valence-electron chi connectivity index (χ2n) is 9.14. The second kappa shape index (κ2) is 11.6. The van der Waals surface area contributed by atoms with Gasteiger partial charge in [-0.05, 0) is 72.5 Å². The van der Waals surface area contributed by atoms with E-state index in [0.29, 0.717) is 17.2 Å². The average molecular weight is 512 g/mol. The Morgan fingerprint density at radius 1 is 0.737 bits per heavy atom. The molecule has 7 nitrogen and oxygen atoms in total. The number of hydrogen-bond acceptors (Lipinski definition) is 5. The van der Waals surface area contributed by atoms with Gasteiger partial charge >= 0.3 is 11.9 Å². The summed E-state index contributed by atoms with van der Waals surface area (Å²) in [6.45, 7) is 1.07. The van der Waals surface area contributed by atoms with Gasteiger partial charge in [-0.15, -0.1) is 0 Å². The lowest BCUT2D eigenvalue weighted by molar-refractivity contribution is 0.0686.